The number of ether oxygens (including phenoxy) is 1. The van der Waals surface area contributed by atoms with E-state index in [9.17, 15) is 14.7 Å². The summed E-state index contributed by atoms with van der Waals surface area (Å²) in [7, 11) is 0. The van der Waals surface area contributed by atoms with Crippen molar-refractivity contribution in [2.24, 2.45) is 0 Å². The van der Waals surface area contributed by atoms with Crippen LogP contribution in [0, 0.1) is 0 Å². The zero-order valence-corrected chi connectivity index (χ0v) is 15.7. The van der Waals surface area contributed by atoms with E-state index in [0.717, 1.165) is 12.0 Å². The van der Waals surface area contributed by atoms with E-state index in [2.05, 4.69) is 0 Å². The van der Waals surface area contributed by atoms with Crippen LogP contribution in [0.1, 0.15) is 34.0 Å². The summed E-state index contributed by atoms with van der Waals surface area (Å²) in [5.41, 5.74) is 0.357. The first-order valence-corrected chi connectivity index (χ1v) is 9.18. The summed E-state index contributed by atoms with van der Waals surface area (Å²) in [6, 6.07) is 24.3. The van der Waals surface area contributed by atoms with E-state index >= 15 is 0 Å². The number of esters is 1. The minimum absolute atomic E-state index is 0.320. The quantitative estimate of drug-likeness (QED) is 0.503. The monoisotopic (exact) mass is 374 g/mol. The molecular formula is C24H22O4. The summed E-state index contributed by atoms with van der Waals surface area (Å²) >= 11 is 0. The van der Waals surface area contributed by atoms with Gasteiger partial charge in [0.1, 0.15) is 0 Å². The van der Waals surface area contributed by atoms with Gasteiger partial charge in [0, 0.05) is 5.56 Å². The minimum Gasteiger partial charge on any atom is -0.455 e. The van der Waals surface area contributed by atoms with E-state index in [0.29, 0.717) is 16.7 Å². The van der Waals surface area contributed by atoms with Crippen LogP contribution >= 0.6 is 0 Å². The number of hydrogen-bond donors (Lipinski definition) is 1. The first-order valence-electron chi connectivity index (χ1n) is 9.18. The maximum Gasteiger partial charge on any atom is 0.348 e. The Kier molecular flexibility index (Phi) is 6.02. The summed E-state index contributed by atoms with van der Waals surface area (Å²) in [6.45, 7) is 1.60. The Morgan fingerprint density at radius 1 is 0.821 bits per heavy atom. The molecule has 0 aromatic heterocycles. The molecule has 3 aromatic rings. The van der Waals surface area contributed by atoms with Gasteiger partial charge in [-0.05, 0) is 23.1 Å². The average Bonchev–Trinajstić information content (AvgIpc) is 2.77. The lowest BCUT2D eigenvalue weighted by Gasteiger charge is -2.26. The second-order valence-electron chi connectivity index (χ2n) is 6.49. The summed E-state index contributed by atoms with van der Waals surface area (Å²) in [5.74, 6) is -1.21. The van der Waals surface area contributed by atoms with Crippen LogP contribution in [0.5, 0.6) is 0 Å². The maximum atomic E-state index is 12.9. The highest BCUT2D eigenvalue weighted by molar-refractivity contribution is 5.98. The fourth-order valence-electron chi connectivity index (χ4n) is 3.01. The largest absolute Gasteiger partial charge is 0.455 e. The molecule has 0 fully saturated rings. The molecule has 0 saturated heterocycles. The summed E-state index contributed by atoms with van der Waals surface area (Å²) in [6.07, 6.45) is 0.880. The highest BCUT2D eigenvalue weighted by Crippen LogP contribution is 2.31. The molecule has 28 heavy (non-hydrogen) atoms. The summed E-state index contributed by atoms with van der Waals surface area (Å²) < 4.78 is 5.25. The van der Waals surface area contributed by atoms with Crippen molar-refractivity contribution in [1.82, 2.24) is 0 Å². The van der Waals surface area contributed by atoms with Crippen LogP contribution in [0.4, 0.5) is 0 Å². The van der Waals surface area contributed by atoms with E-state index in [-0.39, 0.29) is 5.78 Å². The number of hydrogen-bond acceptors (Lipinski definition) is 4. The number of carbonyl (C=O) groups is 2. The molecule has 0 aliphatic heterocycles. The lowest BCUT2D eigenvalue weighted by molar-refractivity contribution is -0.160. The van der Waals surface area contributed by atoms with Gasteiger partial charge in [-0.15, -0.1) is 0 Å². The number of aryl methyl sites for hydroxylation is 1. The molecule has 0 aliphatic carbocycles. The zero-order valence-electron chi connectivity index (χ0n) is 15.7. The van der Waals surface area contributed by atoms with Crippen LogP contribution in [-0.4, -0.2) is 23.5 Å². The van der Waals surface area contributed by atoms with Crippen molar-refractivity contribution in [3.63, 3.8) is 0 Å². The summed E-state index contributed by atoms with van der Waals surface area (Å²) in [5, 5.41) is 11.3. The van der Waals surface area contributed by atoms with Crippen LogP contribution in [0.15, 0.2) is 84.9 Å². The first-order chi connectivity index (χ1) is 13.6. The molecule has 0 atom stereocenters. The third-order valence-electron chi connectivity index (χ3n) is 4.70. The van der Waals surface area contributed by atoms with Crippen molar-refractivity contribution in [1.29, 1.82) is 0 Å². The van der Waals surface area contributed by atoms with E-state index < -0.39 is 18.2 Å². The third-order valence-corrected chi connectivity index (χ3v) is 4.70. The molecule has 0 spiro atoms. The van der Waals surface area contributed by atoms with Crippen molar-refractivity contribution < 1.29 is 19.4 Å². The first kappa shape index (κ1) is 19.5. The van der Waals surface area contributed by atoms with Crippen molar-refractivity contribution >= 4 is 11.8 Å². The number of ketones is 1. The van der Waals surface area contributed by atoms with E-state index in [1.165, 1.54) is 0 Å². The van der Waals surface area contributed by atoms with Gasteiger partial charge >= 0.3 is 5.97 Å². The molecule has 4 nitrogen and oxygen atoms in total. The standard InChI is InChI=1S/C24H22O4/c1-2-18-13-15-19(16-14-18)22(25)17-28-23(26)24(27,20-9-5-3-6-10-20)21-11-7-4-8-12-21/h3-16,27H,2,17H2,1H3. The van der Waals surface area contributed by atoms with Gasteiger partial charge in [0.05, 0.1) is 0 Å². The third kappa shape index (κ3) is 4.02. The van der Waals surface area contributed by atoms with E-state index in [1.54, 1.807) is 72.8 Å². The predicted molar refractivity (Wildman–Crippen MR) is 107 cm³/mol. The molecule has 0 radical (unpaired) electrons. The minimum atomic E-state index is -1.99. The Bertz CT molecular complexity index is 892. The molecule has 0 aliphatic rings. The van der Waals surface area contributed by atoms with Crippen molar-refractivity contribution in [3.8, 4) is 0 Å². The average molecular weight is 374 g/mol. The van der Waals surface area contributed by atoms with Crippen molar-refractivity contribution in [3.05, 3.63) is 107 Å². The molecule has 0 bridgehead atoms. The zero-order chi connectivity index (χ0) is 20.0. The van der Waals surface area contributed by atoms with Crippen LogP contribution in [0.3, 0.4) is 0 Å². The topological polar surface area (TPSA) is 63.6 Å². The van der Waals surface area contributed by atoms with Gasteiger partial charge in [-0.1, -0.05) is 91.9 Å². The smallest absolute Gasteiger partial charge is 0.348 e. The van der Waals surface area contributed by atoms with Gasteiger partial charge in [-0.3, -0.25) is 4.79 Å². The number of carbonyl (C=O) groups excluding carboxylic acids is 2. The van der Waals surface area contributed by atoms with Crippen molar-refractivity contribution in [2.75, 3.05) is 6.61 Å². The fourth-order valence-corrected chi connectivity index (χ4v) is 3.01. The molecule has 0 heterocycles. The SMILES string of the molecule is CCc1ccc(C(=O)COC(=O)C(O)(c2ccccc2)c2ccccc2)cc1. The second-order valence-corrected chi connectivity index (χ2v) is 6.49. The molecule has 1 N–H and O–H groups in total. The molecule has 0 amide bonds. The van der Waals surface area contributed by atoms with Gasteiger partial charge in [0.25, 0.3) is 0 Å². The predicted octanol–water partition coefficient (Wildman–Crippen LogP) is 3.91. The Labute approximate surface area is 164 Å². The molecule has 3 aromatic carbocycles. The van der Waals surface area contributed by atoms with Crippen LogP contribution in [-0.2, 0) is 21.6 Å². The highest BCUT2D eigenvalue weighted by Gasteiger charge is 2.41. The van der Waals surface area contributed by atoms with Gasteiger partial charge in [0.15, 0.2) is 12.4 Å². The molecule has 142 valence electrons. The number of aliphatic hydroxyl groups is 1. The van der Waals surface area contributed by atoms with Crippen LogP contribution in [0.25, 0.3) is 0 Å². The van der Waals surface area contributed by atoms with Crippen molar-refractivity contribution in [2.45, 2.75) is 18.9 Å². The molecule has 0 saturated carbocycles. The van der Waals surface area contributed by atoms with Crippen LogP contribution in [0.2, 0.25) is 0 Å². The maximum absolute atomic E-state index is 12.9. The highest BCUT2D eigenvalue weighted by atomic mass is 16.6. The van der Waals surface area contributed by atoms with Gasteiger partial charge in [0.2, 0.25) is 5.60 Å². The second kappa shape index (κ2) is 8.63. The fraction of sp³-hybridized carbons (Fsp3) is 0.167. The number of benzene rings is 3. The Morgan fingerprint density at radius 3 is 1.79 bits per heavy atom. The Balaban J connectivity index is 1.81. The number of rotatable bonds is 7. The normalized spacial score (nSPS) is 11.1. The molecule has 3 rings (SSSR count). The van der Waals surface area contributed by atoms with E-state index in [4.69, 9.17) is 4.74 Å². The van der Waals surface area contributed by atoms with Gasteiger partial charge in [-0.2, -0.15) is 0 Å². The lowest BCUT2D eigenvalue weighted by Crippen LogP contribution is -2.39. The van der Waals surface area contributed by atoms with Gasteiger partial charge < -0.3 is 9.84 Å². The Hall–Kier alpha value is -3.24. The number of Topliss-reactive ketones (excluding diaryl/α,β-unsaturated/α-hetero) is 1. The van der Waals surface area contributed by atoms with Crippen LogP contribution < -0.4 is 0 Å². The molecule has 0 unspecified atom stereocenters. The lowest BCUT2D eigenvalue weighted by atomic mass is 9.86. The summed E-state index contributed by atoms with van der Waals surface area (Å²) in [4.78, 5) is 25.3. The Morgan fingerprint density at radius 2 is 1.32 bits per heavy atom. The molecule has 4 heteroatoms. The van der Waals surface area contributed by atoms with Gasteiger partial charge in [-0.25, -0.2) is 4.79 Å². The molecular weight excluding hydrogens is 352 g/mol. The van der Waals surface area contributed by atoms with E-state index in [1.807, 2.05) is 19.1 Å².